The van der Waals surface area contributed by atoms with Crippen molar-refractivity contribution in [3.63, 3.8) is 0 Å². The Morgan fingerprint density at radius 2 is 2.06 bits per heavy atom. The van der Waals surface area contributed by atoms with E-state index in [1.807, 2.05) is 23.7 Å². The number of aromatic nitrogens is 1. The van der Waals surface area contributed by atoms with E-state index in [0.717, 1.165) is 23.6 Å². The lowest BCUT2D eigenvalue weighted by molar-refractivity contribution is 0.414. The van der Waals surface area contributed by atoms with Crippen molar-refractivity contribution in [3.05, 3.63) is 46.4 Å². The molecule has 1 aromatic heterocycles. The minimum atomic E-state index is 0.120. The van der Waals surface area contributed by atoms with Gasteiger partial charge in [0.15, 0.2) is 0 Å². The highest BCUT2D eigenvalue weighted by molar-refractivity contribution is 7.09. The molecule has 0 spiro atoms. The molecule has 2 N–H and O–H groups in total. The third-order valence-electron chi connectivity index (χ3n) is 2.58. The molecular formula is C13H16N2OS. The lowest BCUT2D eigenvalue weighted by atomic mass is 10.0. The predicted molar refractivity (Wildman–Crippen MR) is 70.5 cm³/mol. The van der Waals surface area contributed by atoms with Crippen molar-refractivity contribution in [2.75, 3.05) is 7.11 Å². The lowest BCUT2D eigenvalue weighted by Gasteiger charge is -2.10. The molecule has 0 aliphatic rings. The van der Waals surface area contributed by atoms with Gasteiger partial charge in [0.25, 0.3) is 0 Å². The van der Waals surface area contributed by atoms with Crippen LogP contribution in [0.1, 0.15) is 10.6 Å². The average Bonchev–Trinajstić information content (AvgIpc) is 2.82. The van der Waals surface area contributed by atoms with Gasteiger partial charge in [0, 0.05) is 24.0 Å². The van der Waals surface area contributed by atoms with Gasteiger partial charge in [-0.1, -0.05) is 12.1 Å². The Hall–Kier alpha value is -1.39. The van der Waals surface area contributed by atoms with Gasteiger partial charge in [-0.15, -0.1) is 11.3 Å². The Balaban J connectivity index is 1.91. The van der Waals surface area contributed by atoms with Crippen molar-refractivity contribution < 1.29 is 4.74 Å². The summed E-state index contributed by atoms with van der Waals surface area (Å²) in [5, 5.41) is 3.08. The van der Waals surface area contributed by atoms with Crippen LogP contribution in [0.4, 0.5) is 0 Å². The van der Waals surface area contributed by atoms with Gasteiger partial charge in [0.05, 0.1) is 12.1 Å². The third-order valence-corrected chi connectivity index (χ3v) is 3.38. The first-order valence-electron chi connectivity index (χ1n) is 5.55. The van der Waals surface area contributed by atoms with Crippen LogP contribution in [0.25, 0.3) is 0 Å². The van der Waals surface area contributed by atoms with Gasteiger partial charge >= 0.3 is 0 Å². The van der Waals surface area contributed by atoms with Crippen molar-refractivity contribution in [1.82, 2.24) is 4.98 Å². The van der Waals surface area contributed by atoms with Crippen LogP contribution in [0.15, 0.2) is 35.8 Å². The summed E-state index contributed by atoms with van der Waals surface area (Å²) in [6.07, 6.45) is 3.52. The van der Waals surface area contributed by atoms with Gasteiger partial charge in [0.1, 0.15) is 5.75 Å². The molecule has 0 amide bonds. The zero-order valence-corrected chi connectivity index (χ0v) is 10.6. The highest BCUT2D eigenvalue weighted by Gasteiger charge is 2.07. The number of rotatable bonds is 5. The minimum absolute atomic E-state index is 0.120. The van der Waals surface area contributed by atoms with Gasteiger partial charge in [-0.05, 0) is 24.1 Å². The van der Waals surface area contributed by atoms with E-state index in [4.69, 9.17) is 10.5 Å². The molecule has 0 aliphatic carbocycles. The predicted octanol–water partition coefficient (Wildman–Crippen LogP) is 2.26. The van der Waals surface area contributed by atoms with Crippen LogP contribution in [-0.2, 0) is 12.8 Å². The maximum Gasteiger partial charge on any atom is 0.118 e. The summed E-state index contributed by atoms with van der Waals surface area (Å²) in [5.74, 6) is 0.877. The van der Waals surface area contributed by atoms with E-state index in [1.165, 1.54) is 5.56 Å². The fourth-order valence-electron chi connectivity index (χ4n) is 1.71. The number of methoxy groups -OCH3 is 1. The molecule has 4 heteroatoms. The van der Waals surface area contributed by atoms with Crippen molar-refractivity contribution >= 4 is 11.3 Å². The number of thiazole rings is 1. The Morgan fingerprint density at radius 1 is 1.29 bits per heavy atom. The van der Waals surface area contributed by atoms with Crippen LogP contribution in [0.3, 0.4) is 0 Å². The Bertz CT molecular complexity index is 439. The molecule has 0 saturated carbocycles. The molecule has 1 aromatic carbocycles. The first kappa shape index (κ1) is 12.1. The van der Waals surface area contributed by atoms with Gasteiger partial charge in [-0.25, -0.2) is 4.98 Å². The summed E-state index contributed by atoms with van der Waals surface area (Å²) in [6.45, 7) is 0. The fraction of sp³-hybridized carbons (Fsp3) is 0.308. The van der Waals surface area contributed by atoms with Crippen LogP contribution < -0.4 is 10.5 Å². The number of nitrogens with zero attached hydrogens (tertiary/aromatic N) is 1. The molecule has 0 bridgehead atoms. The molecule has 0 aliphatic heterocycles. The van der Waals surface area contributed by atoms with Gasteiger partial charge in [-0.3, -0.25) is 0 Å². The highest BCUT2D eigenvalue weighted by atomic mass is 32.1. The number of nitrogens with two attached hydrogens (primary N) is 1. The monoisotopic (exact) mass is 248 g/mol. The van der Waals surface area contributed by atoms with Crippen LogP contribution in [-0.4, -0.2) is 18.1 Å². The SMILES string of the molecule is COc1ccc(CC(N)Cc2nccs2)cc1. The van der Waals surface area contributed by atoms with E-state index in [9.17, 15) is 0 Å². The Morgan fingerprint density at radius 3 is 2.65 bits per heavy atom. The second-order valence-corrected chi connectivity index (χ2v) is 4.92. The molecule has 0 saturated heterocycles. The van der Waals surface area contributed by atoms with E-state index in [1.54, 1.807) is 18.4 Å². The topological polar surface area (TPSA) is 48.1 Å². The molecule has 2 rings (SSSR count). The molecule has 0 radical (unpaired) electrons. The molecule has 17 heavy (non-hydrogen) atoms. The summed E-state index contributed by atoms with van der Waals surface area (Å²) in [4.78, 5) is 4.24. The molecule has 1 atom stereocenters. The summed E-state index contributed by atoms with van der Waals surface area (Å²) >= 11 is 1.66. The molecule has 1 unspecified atom stereocenters. The zero-order chi connectivity index (χ0) is 12.1. The zero-order valence-electron chi connectivity index (χ0n) is 9.80. The summed E-state index contributed by atoms with van der Waals surface area (Å²) in [7, 11) is 1.67. The van der Waals surface area contributed by atoms with Crippen LogP contribution in [0.2, 0.25) is 0 Å². The summed E-state index contributed by atoms with van der Waals surface area (Å²) in [6, 6.07) is 8.16. The Kier molecular flexibility index (Phi) is 4.12. The van der Waals surface area contributed by atoms with E-state index in [2.05, 4.69) is 17.1 Å². The normalized spacial score (nSPS) is 12.4. The van der Waals surface area contributed by atoms with Crippen LogP contribution >= 0.6 is 11.3 Å². The molecule has 2 aromatic rings. The number of hydrogen-bond donors (Lipinski definition) is 1. The smallest absolute Gasteiger partial charge is 0.118 e. The maximum absolute atomic E-state index is 6.10. The average molecular weight is 248 g/mol. The first-order valence-corrected chi connectivity index (χ1v) is 6.43. The van der Waals surface area contributed by atoms with E-state index < -0.39 is 0 Å². The quantitative estimate of drug-likeness (QED) is 0.883. The number of hydrogen-bond acceptors (Lipinski definition) is 4. The van der Waals surface area contributed by atoms with Crippen LogP contribution in [0.5, 0.6) is 5.75 Å². The molecule has 1 heterocycles. The second kappa shape index (κ2) is 5.80. The fourth-order valence-corrected chi connectivity index (χ4v) is 2.43. The van der Waals surface area contributed by atoms with Crippen molar-refractivity contribution in [3.8, 4) is 5.75 Å². The van der Waals surface area contributed by atoms with Gasteiger partial charge in [0.2, 0.25) is 0 Å². The number of ether oxygens (including phenoxy) is 1. The van der Waals surface area contributed by atoms with Gasteiger partial charge < -0.3 is 10.5 Å². The van der Waals surface area contributed by atoms with Crippen molar-refractivity contribution in [1.29, 1.82) is 0 Å². The van der Waals surface area contributed by atoms with E-state index >= 15 is 0 Å². The van der Waals surface area contributed by atoms with Gasteiger partial charge in [-0.2, -0.15) is 0 Å². The van der Waals surface area contributed by atoms with E-state index in [-0.39, 0.29) is 6.04 Å². The Labute approximate surface area is 105 Å². The maximum atomic E-state index is 6.10. The standard InChI is InChI=1S/C13H16N2OS/c1-16-12-4-2-10(3-5-12)8-11(14)9-13-15-6-7-17-13/h2-7,11H,8-9,14H2,1H3. The summed E-state index contributed by atoms with van der Waals surface area (Å²) in [5.41, 5.74) is 7.33. The largest absolute Gasteiger partial charge is 0.497 e. The number of benzene rings is 1. The second-order valence-electron chi connectivity index (χ2n) is 3.94. The summed E-state index contributed by atoms with van der Waals surface area (Å²) < 4.78 is 5.12. The highest BCUT2D eigenvalue weighted by Crippen LogP contribution is 2.14. The van der Waals surface area contributed by atoms with Crippen molar-refractivity contribution in [2.45, 2.75) is 18.9 Å². The van der Waals surface area contributed by atoms with Crippen molar-refractivity contribution in [2.24, 2.45) is 5.73 Å². The molecule has 3 nitrogen and oxygen atoms in total. The molecule has 0 fully saturated rings. The lowest BCUT2D eigenvalue weighted by Crippen LogP contribution is -2.25. The first-order chi connectivity index (χ1) is 8.28. The van der Waals surface area contributed by atoms with E-state index in [0.29, 0.717) is 0 Å². The molecule has 90 valence electrons. The van der Waals surface area contributed by atoms with Crippen LogP contribution in [0, 0.1) is 0 Å². The third kappa shape index (κ3) is 3.54. The molecular weight excluding hydrogens is 232 g/mol. The minimum Gasteiger partial charge on any atom is -0.497 e.